The SMILES string of the molecule is COc1ccc(C(C#N)N2CCOCC2)cc1F. The Labute approximate surface area is 106 Å². The summed E-state index contributed by atoms with van der Waals surface area (Å²) in [6.45, 7) is 2.59. The molecule has 0 N–H and O–H groups in total. The normalized spacial score (nSPS) is 18.1. The largest absolute Gasteiger partial charge is 0.494 e. The quantitative estimate of drug-likeness (QED) is 0.819. The Morgan fingerprint density at radius 1 is 1.44 bits per heavy atom. The van der Waals surface area contributed by atoms with E-state index in [1.54, 1.807) is 12.1 Å². The summed E-state index contributed by atoms with van der Waals surface area (Å²) >= 11 is 0. The first-order valence-corrected chi connectivity index (χ1v) is 5.81. The summed E-state index contributed by atoms with van der Waals surface area (Å²) < 4.78 is 23.7. The highest BCUT2D eigenvalue weighted by molar-refractivity contribution is 5.33. The highest BCUT2D eigenvalue weighted by Crippen LogP contribution is 2.25. The first-order chi connectivity index (χ1) is 8.76. The molecule has 0 spiro atoms. The molecule has 2 rings (SSSR count). The zero-order valence-corrected chi connectivity index (χ0v) is 10.2. The van der Waals surface area contributed by atoms with E-state index < -0.39 is 11.9 Å². The molecular weight excluding hydrogens is 235 g/mol. The van der Waals surface area contributed by atoms with Crippen LogP contribution in [0.5, 0.6) is 5.75 Å². The third kappa shape index (κ3) is 2.61. The second kappa shape index (κ2) is 5.80. The average molecular weight is 250 g/mol. The van der Waals surface area contributed by atoms with Gasteiger partial charge in [-0.2, -0.15) is 5.26 Å². The maximum absolute atomic E-state index is 13.6. The van der Waals surface area contributed by atoms with Gasteiger partial charge < -0.3 is 9.47 Å². The second-order valence-corrected chi connectivity index (χ2v) is 4.07. The van der Waals surface area contributed by atoms with Crippen molar-refractivity contribution in [2.75, 3.05) is 33.4 Å². The first kappa shape index (κ1) is 12.8. The number of hydrogen-bond donors (Lipinski definition) is 0. The van der Waals surface area contributed by atoms with Crippen LogP contribution in [0.15, 0.2) is 18.2 Å². The number of benzene rings is 1. The van der Waals surface area contributed by atoms with Crippen LogP contribution in [0.1, 0.15) is 11.6 Å². The van der Waals surface area contributed by atoms with Crippen LogP contribution in [0.3, 0.4) is 0 Å². The van der Waals surface area contributed by atoms with Gasteiger partial charge in [-0.15, -0.1) is 0 Å². The highest BCUT2D eigenvalue weighted by Gasteiger charge is 2.23. The van der Waals surface area contributed by atoms with Gasteiger partial charge in [0.1, 0.15) is 6.04 Å². The van der Waals surface area contributed by atoms with Gasteiger partial charge in [0.15, 0.2) is 11.6 Å². The zero-order chi connectivity index (χ0) is 13.0. The van der Waals surface area contributed by atoms with Gasteiger partial charge in [-0.3, -0.25) is 4.90 Å². The number of ether oxygens (including phenoxy) is 2. The molecule has 4 nitrogen and oxygen atoms in total. The highest BCUT2D eigenvalue weighted by atomic mass is 19.1. The Bertz CT molecular complexity index is 453. The molecule has 0 saturated carbocycles. The van der Waals surface area contributed by atoms with E-state index in [1.165, 1.54) is 13.2 Å². The maximum atomic E-state index is 13.6. The smallest absolute Gasteiger partial charge is 0.165 e. The third-order valence-corrected chi connectivity index (χ3v) is 3.02. The molecule has 1 aliphatic heterocycles. The van der Waals surface area contributed by atoms with Crippen LogP contribution in [-0.2, 0) is 4.74 Å². The van der Waals surface area contributed by atoms with E-state index in [2.05, 4.69) is 6.07 Å². The summed E-state index contributed by atoms with van der Waals surface area (Å²) in [6, 6.07) is 6.42. The van der Waals surface area contributed by atoms with Crippen LogP contribution in [0.25, 0.3) is 0 Å². The molecule has 1 aromatic rings. The molecule has 0 aromatic heterocycles. The molecule has 1 heterocycles. The standard InChI is InChI=1S/C13H15FN2O2/c1-17-13-3-2-10(8-11(13)14)12(9-15)16-4-6-18-7-5-16/h2-3,8,12H,4-7H2,1H3. The van der Waals surface area contributed by atoms with E-state index in [9.17, 15) is 9.65 Å². The van der Waals surface area contributed by atoms with Crippen LogP contribution in [0, 0.1) is 17.1 Å². The fourth-order valence-corrected chi connectivity index (χ4v) is 2.06. The monoisotopic (exact) mass is 250 g/mol. The number of rotatable bonds is 3. The van der Waals surface area contributed by atoms with Gasteiger partial charge in [-0.05, 0) is 17.7 Å². The number of morpholine rings is 1. The van der Waals surface area contributed by atoms with Crippen molar-refractivity contribution in [3.05, 3.63) is 29.6 Å². The van der Waals surface area contributed by atoms with E-state index >= 15 is 0 Å². The molecule has 1 unspecified atom stereocenters. The van der Waals surface area contributed by atoms with E-state index in [-0.39, 0.29) is 5.75 Å². The van der Waals surface area contributed by atoms with Gasteiger partial charge in [0.2, 0.25) is 0 Å². The minimum atomic E-state index is -0.441. The molecule has 1 aromatic carbocycles. The van der Waals surface area contributed by atoms with Gasteiger partial charge in [0, 0.05) is 13.1 Å². The lowest BCUT2D eigenvalue weighted by Crippen LogP contribution is -2.38. The van der Waals surface area contributed by atoms with E-state index in [1.807, 2.05) is 4.90 Å². The van der Waals surface area contributed by atoms with Crippen molar-refractivity contribution in [1.82, 2.24) is 4.90 Å². The fourth-order valence-electron chi connectivity index (χ4n) is 2.06. The summed E-state index contributed by atoms with van der Waals surface area (Å²) in [4.78, 5) is 1.99. The van der Waals surface area contributed by atoms with Crippen LogP contribution < -0.4 is 4.74 Å². The molecule has 1 saturated heterocycles. The average Bonchev–Trinajstić information content (AvgIpc) is 2.41. The van der Waals surface area contributed by atoms with Crippen LogP contribution in [0.4, 0.5) is 4.39 Å². The summed E-state index contributed by atoms with van der Waals surface area (Å²) in [5, 5.41) is 9.26. The predicted octanol–water partition coefficient (Wildman–Crippen LogP) is 1.73. The molecule has 96 valence electrons. The molecular formula is C13H15FN2O2. The molecule has 1 aliphatic rings. The molecule has 5 heteroatoms. The van der Waals surface area contributed by atoms with Gasteiger partial charge in [0.05, 0.1) is 26.4 Å². The molecule has 0 bridgehead atoms. The summed E-state index contributed by atoms with van der Waals surface area (Å²) in [6.07, 6.45) is 0. The lowest BCUT2D eigenvalue weighted by Gasteiger charge is -2.30. The molecule has 0 aliphatic carbocycles. The second-order valence-electron chi connectivity index (χ2n) is 4.07. The van der Waals surface area contributed by atoms with E-state index in [4.69, 9.17) is 9.47 Å². The van der Waals surface area contributed by atoms with Gasteiger partial charge >= 0.3 is 0 Å². The van der Waals surface area contributed by atoms with Gasteiger partial charge in [0.25, 0.3) is 0 Å². The predicted molar refractivity (Wildman–Crippen MR) is 63.7 cm³/mol. The van der Waals surface area contributed by atoms with Crippen molar-refractivity contribution >= 4 is 0 Å². The van der Waals surface area contributed by atoms with E-state index in [0.717, 1.165) is 0 Å². The molecule has 0 amide bonds. The van der Waals surface area contributed by atoms with Crippen molar-refractivity contribution < 1.29 is 13.9 Å². The Balaban J connectivity index is 2.22. The summed E-state index contributed by atoms with van der Waals surface area (Å²) in [7, 11) is 1.42. The minimum absolute atomic E-state index is 0.192. The molecule has 0 radical (unpaired) electrons. The minimum Gasteiger partial charge on any atom is -0.494 e. The van der Waals surface area contributed by atoms with Gasteiger partial charge in [-0.25, -0.2) is 4.39 Å². The summed E-state index contributed by atoms with van der Waals surface area (Å²) in [5.41, 5.74) is 0.651. The van der Waals surface area contributed by atoms with Crippen LogP contribution >= 0.6 is 0 Å². The van der Waals surface area contributed by atoms with Crippen molar-refractivity contribution in [3.63, 3.8) is 0 Å². The van der Waals surface area contributed by atoms with Crippen molar-refractivity contribution in [2.45, 2.75) is 6.04 Å². The number of hydrogen-bond acceptors (Lipinski definition) is 4. The fraction of sp³-hybridized carbons (Fsp3) is 0.462. The Kier molecular flexibility index (Phi) is 4.13. The van der Waals surface area contributed by atoms with Crippen LogP contribution in [0.2, 0.25) is 0 Å². The topological polar surface area (TPSA) is 45.5 Å². The maximum Gasteiger partial charge on any atom is 0.165 e. The Morgan fingerprint density at radius 2 is 2.17 bits per heavy atom. The third-order valence-electron chi connectivity index (χ3n) is 3.02. The number of nitrogens with zero attached hydrogens (tertiary/aromatic N) is 2. The van der Waals surface area contributed by atoms with E-state index in [0.29, 0.717) is 31.9 Å². The Morgan fingerprint density at radius 3 is 2.72 bits per heavy atom. The number of methoxy groups -OCH3 is 1. The summed E-state index contributed by atoms with van der Waals surface area (Å²) in [5.74, 6) is -0.249. The molecule has 18 heavy (non-hydrogen) atoms. The number of halogens is 1. The van der Waals surface area contributed by atoms with Crippen molar-refractivity contribution in [1.29, 1.82) is 5.26 Å². The van der Waals surface area contributed by atoms with Crippen molar-refractivity contribution in [2.24, 2.45) is 0 Å². The lowest BCUT2D eigenvalue weighted by molar-refractivity contribution is 0.0266. The zero-order valence-electron chi connectivity index (χ0n) is 10.2. The van der Waals surface area contributed by atoms with Crippen molar-refractivity contribution in [3.8, 4) is 11.8 Å². The first-order valence-electron chi connectivity index (χ1n) is 5.81. The Hall–Kier alpha value is -1.64. The lowest BCUT2D eigenvalue weighted by atomic mass is 10.1. The van der Waals surface area contributed by atoms with Crippen LogP contribution in [-0.4, -0.2) is 38.3 Å². The van der Waals surface area contributed by atoms with Gasteiger partial charge in [-0.1, -0.05) is 6.07 Å². The molecule has 1 atom stereocenters. The number of nitriles is 1. The molecule has 1 fully saturated rings.